The Balaban J connectivity index is 1.72. The lowest BCUT2D eigenvalue weighted by molar-refractivity contribution is 0.0973. The standard InChI is InChI=1S/C15H20ClNO/c16-14-8-6-13(7-9-14)15(18)5-4-12-17-10-2-1-3-11-17/h6-9H,1-5,10-12H2. The quantitative estimate of drug-likeness (QED) is 0.755. The topological polar surface area (TPSA) is 20.3 Å². The van der Waals surface area contributed by atoms with E-state index in [9.17, 15) is 4.79 Å². The second-order valence-electron chi connectivity index (χ2n) is 4.94. The first-order valence-electron chi connectivity index (χ1n) is 6.77. The molecular formula is C15H20ClNO. The molecule has 2 nitrogen and oxygen atoms in total. The summed E-state index contributed by atoms with van der Waals surface area (Å²) in [7, 11) is 0. The van der Waals surface area contributed by atoms with E-state index in [-0.39, 0.29) is 5.78 Å². The lowest BCUT2D eigenvalue weighted by Crippen LogP contribution is -2.30. The predicted octanol–water partition coefficient (Wildman–Crippen LogP) is 3.79. The van der Waals surface area contributed by atoms with Crippen LogP contribution < -0.4 is 0 Å². The number of rotatable bonds is 5. The molecule has 1 heterocycles. The predicted molar refractivity (Wildman–Crippen MR) is 75.3 cm³/mol. The first-order chi connectivity index (χ1) is 8.75. The van der Waals surface area contributed by atoms with Gasteiger partial charge in [0.2, 0.25) is 0 Å². The molecule has 0 atom stereocenters. The second kappa shape index (κ2) is 6.91. The van der Waals surface area contributed by atoms with Crippen LogP contribution in [0.3, 0.4) is 0 Å². The Morgan fingerprint density at radius 3 is 2.44 bits per heavy atom. The number of carbonyl (C=O) groups excluding carboxylic acids is 1. The normalized spacial score (nSPS) is 16.7. The van der Waals surface area contributed by atoms with Gasteiger partial charge in [0, 0.05) is 17.0 Å². The average Bonchev–Trinajstić information content (AvgIpc) is 2.40. The molecule has 0 radical (unpaired) electrons. The van der Waals surface area contributed by atoms with E-state index in [4.69, 9.17) is 11.6 Å². The van der Waals surface area contributed by atoms with Gasteiger partial charge in [-0.1, -0.05) is 18.0 Å². The molecule has 0 unspecified atom stereocenters. The molecule has 3 heteroatoms. The Morgan fingerprint density at radius 1 is 1.11 bits per heavy atom. The zero-order valence-electron chi connectivity index (χ0n) is 10.7. The first kappa shape index (κ1) is 13.6. The number of nitrogens with zero attached hydrogens (tertiary/aromatic N) is 1. The van der Waals surface area contributed by atoms with Gasteiger partial charge in [0.05, 0.1) is 0 Å². The number of halogens is 1. The van der Waals surface area contributed by atoms with Crippen LogP contribution in [0, 0.1) is 0 Å². The van der Waals surface area contributed by atoms with E-state index in [2.05, 4.69) is 4.90 Å². The van der Waals surface area contributed by atoms with Gasteiger partial charge < -0.3 is 4.90 Å². The van der Waals surface area contributed by atoms with Crippen molar-refractivity contribution >= 4 is 17.4 Å². The molecule has 1 fully saturated rings. The van der Waals surface area contributed by atoms with Crippen molar-refractivity contribution in [3.63, 3.8) is 0 Å². The Kier molecular flexibility index (Phi) is 5.21. The SMILES string of the molecule is O=C(CCCN1CCCCC1)c1ccc(Cl)cc1. The van der Waals surface area contributed by atoms with E-state index in [1.165, 1.54) is 32.4 Å². The van der Waals surface area contributed by atoms with Crippen LogP contribution in [0.15, 0.2) is 24.3 Å². The molecule has 0 aromatic heterocycles. The number of hydrogen-bond acceptors (Lipinski definition) is 2. The summed E-state index contributed by atoms with van der Waals surface area (Å²) in [6, 6.07) is 7.18. The van der Waals surface area contributed by atoms with Gasteiger partial charge in [-0.25, -0.2) is 0 Å². The smallest absolute Gasteiger partial charge is 0.162 e. The van der Waals surface area contributed by atoms with Crippen molar-refractivity contribution in [2.45, 2.75) is 32.1 Å². The summed E-state index contributed by atoms with van der Waals surface area (Å²) in [5.41, 5.74) is 0.776. The van der Waals surface area contributed by atoms with E-state index in [1.807, 2.05) is 12.1 Å². The Morgan fingerprint density at radius 2 is 1.78 bits per heavy atom. The maximum absolute atomic E-state index is 11.9. The Hall–Kier alpha value is -0.860. The molecule has 98 valence electrons. The summed E-state index contributed by atoms with van der Waals surface area (Å²) >= 11 is 5.80. The molecule has 1 aliphatic heterocycles. The molecule has 18 heavy (non-hydrogen) atoms. The van der Waals surface area contributed by atoms with E-state index in [1.54, 1.807) is 12.1 Å². The number of Topliss-reactive ketones (excluding diaryl/α,β-unsaturated/α-hetero) is 1. The monoisotopic (exact) mass is 265 g/mol. The summed E-state index contributed by atoms with van der Waals surface area (Å²) in [6.45, 7) is 3.46. The third-order valence-electron chi connectivity index (χ3n) is 3.49. The minimum absolute atomic E-state index is 0.226. The van der Waals surface area contributed by atoms with Crippen molar-refractivity contribution in [2.75, 3.05) is 19.6 Å². The highest BCUT2D eigenvalue weighted by atomic mass is 35.5. The Labute approximate surface area is 114 Å². The second-order valence-corrected chi connectivity index (χ2v) is 5.37. The summed E-state index contributed by atoms with van der Waals surface area (Å²) < 4.78 is 0. The number of benzene rings is 1. The molecule has 1 aromatic carbocycles. The lowest BCUT2D eigenvalue weighted by Gasteiger charge is -2.26. The maximum atomic E-state index is 11.9. The van der Waals surface area contributed by atoms with Crippen LogP contribution in [0.4, 0.5) is 0 Å². The van der Waals surface area contributed by atoms with Gasteiger partial charge in [-0.15, -0.1) is 0 Å². The summed E-state index contributed by atoms with van der Waals surface area (Å²) in [6.07, 6.45) is 5.58. The number of piperidine rings is 1. The largest absolute Gasteiger partial charge is 0.303 e. The van der Waals surface area contributed by atoms with Crippen molar-refractivity contribution in [3.05, 3.63) is 34.9 Å². The molecule has 0 amide bonds. The summed E-state index contributed by atoms with van der Waals surface area (Å²) in [5.74, 6) is 0.226. The van der Waals surface area contributed by atoms with E-state index in [0.717, 1.165) is 18.5 Å². The third kappa shape index (κ3) is 4.11. The van der Waals surface area contributed by atoms with Gasteiger partial charge in [0.25, 0.3) is 0 Å². The van der Waals surface area contributed by atoms with Crippen molar-refractivity contribution in [2.24, 2.45) is 0 Å². The zero-order chi connectivity index (χ0) is 12.8. The van der Waals surface area contributed by atoms with E-state index >= 15 is 0 Å². The van der Waals surface area contributed by atoms with E-state index < -0.39 is 0 Å². The van der Waals surface area contributed by atoms with Crippen LogP contribution in [0.5, 0.6) is 0 Å². The zero-order valence-corrected chi connectivity index (χ0v) is 11.5. The average molecular weight is 266 g/mol. The molecule has 2 rings (SSSR count). The van der Waals surface area contributed by atoms with Gasteiger partial charge in [-0.05, 0) is 63.2 Å². The van der Waals surface area contributed by atoms with Crippen LogP contribution in [0.1, 0.15) is 42.5 Å². The van der Waals surface area contributed by atoms with Gasteiger partial charge in [-0.2, -0.15) is 0 Å². The molecule has 0 spiro atoms. The highest BCUT2D eigenvalue weighted by molar-refractivity contribution is 6.30. The minimum Gasteiger partial charge on any atom is -0.303 e. The number of hydrogen-bond donors (Lipinski definition) is 0. The van der Waals surface area contributed by atoms with Crippen LogP contribution in [0.2, 0.25) is 5.02 Å². The molecule has 0 bridgehead atoms. The maximum Gasteiger partial charge on any atom is 0.162 e. The molecule has 1 saturated heterocycles. The number of ketones is 1. The first-order valence-corrected chi connectivity index (χ1v) is 7.14. The molecule has 0 N–H and O–H groups in total. The Bertz CT molecular complexity index is 382. The molecule has 0 saturated carbocycles. The summed E-state index contributed by atoms with van der Waals surface area (Å²) in [5, 5.41) is 0.680. The fourth-order valence-electron chi connectivity index (χ4n) is 2.43. The summed E-state index contributed by atoms with van der Waals surface area (Å²) in [4.78, 5) is 14.4. The van der Waals surface area contributed by atoms with Crippen molar-refractivity contribution in [1.29, 1.82) is 0 Å². The highest BCUT2D eigenvalue weighted by Crippen LogP contribution is 2.13. The number of carbonyl (C=O) groups is 1. The van der Waals surface area contributed by atoms with Crippen LogP contribution in [0.25, 0.3) is 0 Å². The van der Waals surface area contributed by atoms with Gasteiger partial charge >= 0.3 is 0 Å². The third-order valence-corrected chi connectivity index (χ3v) is 3.75. The minimum atomic E-state index is 0.226. The fourth-order valence-corrected chi connectivity index (χ4v) is 2.55. The van der Waals surface area contributed by atoms with Crippen LogP contribution in [-0.4, -0.2) is 30.3 Å². The molecule has 1 aromatic rings. The van der Waals surface area contributed by atoms with Crippen molar-refractivity contribution in [1.82, 2.24) is 4.90 Å². The lowest BCUT2D eigenvalue weighted by atomic mass is 10.1. The highest BCUT2D eigenvalue weighted by Gasteiger charge is 2.11. The molecule has 1 aliphatic rings. The molecular weight excluding hydrogens is 246 g/mol. The van der Waals surface area contributed by atoms with E-state index in [0.29, 0.717) is 11.4 Å². The van der Waals surface area contributed by atoms with Crippen LogP contribution in [-0.2, 0) is 0 Å². The van der Waals surface area contributed by atoms with Gasteiger partial charge in [0.1, 0.15) is 0 Å². The van der Waals surface area contributed by atoms with Crippen LogP contribution >= 0.6 is 11.6 Å². The number of likely N-dealkylation sites (tertiary alicyclic amines) is 1. The fraction of sp³-hybridized carbons (Fsp3) is 0.533. The molecule has 0 aliphatic carbocycles. The van der Waals surface area contributed by atoms with Crippen molar-refractivity contribution < 1.29 is 4.79 Å². The van der Waals surface area contributed by atoms with Gasteiger partial charge in [-0.3, -0.25) is 4.79 Å². The van der Waals surface area contributed by atoms with Crippen molar-refractivity contribution in [3.8, 4) is 0 Å². The van der Waals surface area contributed by atoms with Gasteiger partial charge in [0.15, 0.2) is 5.78 Å².